The number of hydrogen-bond donors (Lipinski definition) is 1. The Balaban J connectivity index is 1.75. The minimum Gasteiger partial charge on any atom is -0.619 e. The second-order valence-electron chi connectivity index (χ2n) is 8.23. The number of carbonyl (C=O) groups excluding carboxylic acids is 2. The number of likely N-dealkylation sites (tertiary alicyclic amines) is 1. The molecule has 1 amide bonds. The average Bonchev–Trinajstić information content (AvgIpc) is 2.75. The van der Waals surface area contributed by atoms with E-state index in [9.17, 15) is 14.8 Å². The first-order chi connectivity index (χ1) is 14.8. The zero-order chi connectivity index (χ0) is 22.4. The number of methoxy groups -OCH3 is 1. The van der Waals surface area contributed by atoms with Gasteiger partial charge in [-0.2, -0.15) is 4.73 Å². The minimum atomic E-state index is -0.687. The number of carbonyl (C=O) groups is 2. The monoisotopic (exact) mass is 445 g/mol. The molecular weight excluding hydrogens is 418 g/mol. The quantitative estimate of drug-likeness (QED) is 0.400. The summed E-state index contributed by atoms with van der Waals surface area (Å²) in [7, 11) is 1.29. The van der Waals surface area contributed by atoms with Crippen molar-refractivity contribution >= 4 is 23.5 Å². The first kappa shape index (κ1) is 23.0. The molecule has 8 heteroatoms. The van der Waals surface area contributed by atoms with Crippen LogP contribution in [0.15, 0.2) is 48.7 Å². The smallest absolute Gasteiger partial charge is 0.306 e. The summed E-state index contributed by atoms with van der Waals surface area (Å²) in [6.07, 6.45) is 3.63. The van der Waals surface area contributed by atoms with Crippen molar-refractivity contribution in [3.63, 3.8) is 0 Å². The van der Waals surface area contributed by atoms with Crippen LogP contribution in [-0.4, -0.2) is 42.5 Å². The van der Waals surface area contributed by atoms with Crippen LogP contribution in [0.25, 0.3) is 0 Å². The van der Waals surface area contributed by atoms with E-state index in [2.05, 4.69) is 0 Å². The molecule has 2 aromatic rings. The lowest BCUT2D eigenvalue weighted by Crippen LogP contribution is -2.58. The van der Waals surface area contributed by atoms with Gasteiger partial charge in [0.15, 0.2) is 11.9 Å². The zero-order valence-electron chi connectivity index (χ0n) is 17.6. The molecule has 166 valence electrons. The summed E-state index contributed by atoms with van der Waals surface area (Å²) in [4.78, 5) is 27.1. The molecule has 1 saturated heterocycles. The topological polar surface area (TPSA) is 99.6 Å². The van der Waals surface area contributed by atoms with E-state index in [0.29, 0.717) is 30.2 Å². The molecule has 1 aliphatic heterocycles. The van der Waals surface area contributed by atoms with E-state index in [1.807, 2.05) is 24.3 Å². The van der Waals surface area contributed by atoms with Gasteiger partial charge in [0.1, 0.15) is 0 Å². The normalized spacial score (nSPS) is 19.6. The molecule has 1 aromatic heterocycles. The average molecular weight is 446 g/mol. The van der Waals surface area contributed by atoms with Crippen LogP contribution in [0.3, 0.4) is 0 Å². The Labute approximate surface area is 187 Å². The first-order valence-corrected chi connectivity index (χ1v) is 10.7. The molecule has 2 N–H and O–H groups in total. The van der Waals surface area contributed by atoms with Crippen LogP contribution in [0.1, 0.15) is 30.5 Å². The fourth-order valence-electron chi connectivity index (χ4n) is 4.17. The van der Waals surface area contributed by atoms with E-state index >= 15 is 0 Å². The van der Waals surface area contributed by atoms with Gasteiger partial charge in [-0.25, -0.2) is 0 Å². The van der Waals surface area contributed by atoms with Crippen molar-refractivity contribution in [3.05, 3.63) is 70.1 Å². The van der Waals surface area contributed by atoms with Crippen molar-refractivity contribution in [2.24, 2.45) is 11.7 Å². The lowest BCUT2D eigenvalue weighted by molar-refractivity contribution is -0.614. The number of hydrogen-bond acceptors (Lipinski definition) is 5. The number of ether oxygens (including phenoxy) is 1. The van der Waals surface area contributed by atoms with Crippen molar-refractivity contribution in [2.45, 2.75) is 37.6 Å². The standard InChI is InChI=1S/C23H28ClN3O4/c1-31-21(28)14-18(13-20-5-2-3-12-27(20)30)22(29)26-11-4-10-23(25,16-26)15-17-6-8-19(24)9-7-17/h2-3,5-9,12,18H,4,10-11,13-16,25H2,1H3/t18?,23-/m1/s1. The predicted octanol–water partition coefficient (Wildman–Crippen LogP) is 2.26. The van der Waals surface area contributed by atoms with Crippen LogP contribution in [0, 0.1) is 11.1 Å². The Hall–Kier alpha value is -2.64. The van der Waals surface area contributed by atoms with Gasteiger partial charge < -0.3 is 20.6 Å². The fraction of sp³-hybridized carbons (Fsp3) is 0.435. The maximum atomic E-state index is 13.4. The van der Waals surface area contributed by atoms with Crippen LogP contribution >= 0.6 is 11.6 Å². The SMILES string of the molecule is COC(=O)CC(Cc1cccc[n+]1[O-])C(=O)N1CCC[C@@](N)(Cc2ccc(Cl)cc2)C1. The van der Waals surface area contributed by atoms with E-state index in [1.54, 1.807) is 23.1 Å². The molecule has 0 saturated carbocycles. The third-order valence-electron chi connectivity index (χ3n) is 5.74. The summed E-state index contributed by atoms with van der Waals surface area (Å²) in [5.41, 5.74) is 7.61. The summed E-state index contributed by atoms with van der Waals surface area (Å²) in [6, 6.07) is 12.6. The van der Waals surface area contributed by atoms with Crippen LogP contribution in [-0.2, 0) is 27.2 Å². The summed E-state index contributed by atoms with van der Waals surface area (Å²) in [5.74, 6) is -1.35. The lowest BCUT2D eigenvalue weighted by Gasteiger charge is -2.41. The Morgan fingerprint density at radius 3 is 2.71 bits per heavy atom. The van der Waals surface area contributed by atoms with Gasteiger partial charge in [-0.3, -0.25) is 9.59 Å². The van der Waals surface area contributed by atoms with Gasteiger partial charge in [0.2, 0.25) is 5.91 Å². The highest BCUT2D eigenvalue weighted by atomic mass is 35.5. The van der Waals surface area contributed by atoms with Gasteiger partial charge in [0, 0.05) is 42.2 Å². The van der Waals surface area contributed by atoms with E-state index < -0.39 is 17.4 Å². The van der Waals surface area contributed by atoms with E-state index in [1.165, 1.54) is 13.3 Å². The van der Waals surface area contributed by atoms with Crippen molar-refractivity contribution in [3.8, 4) is 0 Å². The van der Waals surface area contributed by atoms with E-state index in [4.69, 9.17) is 22.1 Å². The highest BCUT2D eigenvalue weighted by Gasteiger charge is 2.37. The molecule has 0 radical (unpaired) electrons. The largest absolute Gasteiger partial charge is 0.619 e. The number of aromatic nitrogens is 1. The molecule has 1 aromatic carbocycles. The summed E-state index contributed by atoms with van der Waals surface area (Å²) >= 11 is 5.97. The molecule has 2 heterocycles. The molecule has 3 rings (SSSR count). The molecule has 0 bridgehead atoms. The van der Waals surface area contributed by atoms with Crippen molar-refractivity contribution in [1.29, 1.82) is 0 Å². The second kappa shape index (κ2) is 10.1. The Kier molecular flexibility index (Phi) is 7.51. The molecule has 31 heavy (non-hydrogen) atoms. The molecule has 1 aliphatic rings. The summed E-state index contributed by atoms with van der Waals surface area (Å²) in [6.45, 7) is 0.959. The molecule has 1 fully saturated rings. The number of nitrogens with zero attached hydrogens (tertiary/aromatic N) is 2. The predicted molar refractivity (Wildman–Crippen MR) is 117 cm³/mol. The highest BCUT2D eigenvalue weighted by Crippen LogP contribution is 2.26. The Morgan fingerprint density at radius 2 is 2.03 bits per heavy atom. The van der Waals surface area contributed by atoms with Crippen molar-refractivity contribution in [2.75, 3.05) is 20.2 Å². The molecule has 2 atom stereocenters. The van der Waals surface area contributed by atoms with Gasteiger partial charge in [-0.1, -0.05) is 29.8 Å². The van der Waals surface area contributed by atoms with Crippen LogP contribution < -0.4 is 10.5 Å². The molecule has 7 nitrogen and oxygen atoms in total. The Morgan fingerprint density at radius 1 is 1.29 bits per heavy atom. The third-order valence-corrected chi connectivity index (χ3v) is 5.99. The minimum absolute atomic E-state index is 0.0878. The fourth-order valence-corrected chi connectivity index (χ4v) is 4.29. The number of rotatable bonds is 7. The third kappa shape index (κ3) is 6.18. The summed E-state index contributed by atoms with van der Waals surface area (Å²) < 4.78 is 5.51. The van der Waals surface area contributed by atoms with Gasteiger partial charge in [0.25, 0.3) is 0 Å². The molecule has 0 aliphatic carbocycles. The van der Waals surface area contributed by atoms with Crippen LogP contribution in [0.2, 0.25) is 5.02 Å². The maximum absolute atomic E-state index is 13.4. The van der Waals surface area contributed by atoms with Gasteiger partial charge >= 0.3 is 5.97 Å². The van der Waals surface area contributed by atoms with Gasteiger partial charge in [-0.15, -0.1) is 0 Å². The number of halogens is 1. The second-order valence-corrected chi connectivity index (χ2v) is 8.66. The maximum Gasteiger partial charge on any atom is 0.306 e. The number of esters is 1. The number of amides is 1. The molecule has 1 unspecified atom stereocenters. The highest BCUT2D eigenvalue weighted by molar-refractivity contribution is 6.30. The van der Waals surface area contributed by atoms with Crippen LogP contribution in [0.4, 0.5) is 0 Å². The molecular formula is C23H28ClN3O4. The lowest BCUT2D eigenvalue weighted by atomic mass is 9.83. The zero-order valence-corrected chi connectivity index (χ0v) is 18.4. The first-order valence-electron chi connectivity index (χ1n) is 10.4. The van der Waals surface area contributed by atoms with Gasteiger partial charge in [-0.05, 0) is 37.0 Å². The Bertz CT molecular complexity index is 921. The molecule has 0 spiro atoms. The van der Waals surface area contributed by atoms with Crippen molar-refractivity contribution < 1.29 is 19.1 Å². The number of pyridine rings is 1. The van der Waals surface area contributed by atoms with E-state index in [0.717, 1.165) is 23.1 Å². The number of piperidine rings is 1. The number of nitrogens with two attached hydrogens (primary N) is 1. The summed E-state index contributed by atoms with van der Waals surface area (Å²) in [5, 5.41) is 12.7. The number of benzene rings is 1. The van der Waals surface area contributed by atoms with Gasteiger partial charge in [0.05, 0.1) is 19.4 Å². The van der Waals surface area contributed by atoms with Crippen LogP contribution in [0.5, 0.6) is 0 Å². The van der Waals surface area contributed by atoms with E-state index in [-0.39, 0.29) is 18.7 Å². The van der Waals surface area contributed by atoms with Crippen molar-refractivity contribution in [1.82, 2.24) is 4.90 Å².